The molecule has 1 atom stereocenters. The van der Waals surface area contributed by atoms with Gasteiger partial charge in [-0.1, -0.05) is 43.6 Å². The second-order valence-electron chi connectivity index (χ2n) is 21.9. The topological polar surface area (TPSA) is 195 Å². The number of fused-ring (bicyclic) bond motifs is 1. The van der Waals surface area contributed by atoms with Gasteiger partial charge >= 0.3 is 0 Å². The number of ether oxygens (including phenoxy) is 2. The van der Waals surface area contributed by atoms with Crippen LogP contribution in [0.15, 0.2) is 108 Å². The fraction of sp³-hybridized carbons (Fsp3) is 0.439. The van der Waals surface area contributed by atoms with Crippen LogP contribution in [-0.2, 0) is 16.6 Å². The average molecular weight is 1060 g/mol. The van der Waals surface area contributed by atoms with E-state index in [1.54, 1.807) is 31.5 Å². The normalized spacial score (nSPS) is 21.5. The van der Waals surface area contributed by atoms with E-state index >= 15 is 0 Å². The first-order valence-corrected chi connectivity index (χ1v) is 28.0. The smallest absolute Gasteiger partial charge is 0.293 e. The number of halogens is 1. The third-order valence-electron chi connectivity index (χ3n) is 16.4. The highest BCUT2D eigenvalue weighted by atomic mass is 35.5. The number of methoxy groups -OCH3 is 1. The van der Waals surface area contributed by atoms with E-state index in [-0.39, 0.29) is 34.4 Å². The molecule has 16 nitrogen and oxygen atoms in total. The van der Waals surface area contributed by atoms with Crippen molar-refractivity contribution < 1.29 is 32.7 Å². The predicted octanol–water partition coefficient (Wildman–Crippen LogP) is 10.8. The van der Waals surface area contributed by atoms with Crippen molar-refractivity contribution in [3.05, 3.63) is 141 Å². The van der Waals surface area contributed by atoms with Crippen LogP contribution in [0.2, 0.25) is 5.02 Å². The van der Waals surface area contributed by atoms with Crippen LogP contribution in [-0.4, -0.2) is 102 Å². The molecule has 0 bridgehead atoms. The number of aromatic amines is 1. The van der Waals surface area contributed by atoms with Crippen molar-refractivity contribution in [3.8, 4) is 17.2 Å². The highest BCUT2D eigenvalue weighted by Gasteiger charge is 2.50. The van der Waals surface area contributed by atoms with Gasteiger partial charge in [0.1, 0.15) is 28.6 Å². The fourth-order valence-electron chi connectivity index (χ4n) is 11.9. The van der Waals surface area contributed by atoms with E-state index in [0.29, 0.717) is 42.7 Å². The van der Waals surface area contributed by atoms with E-state index < -0.39 is 37.0 Å². The number of aliphatic hydroxyl groups is 1. The number of amides is 1. The maximum absolute atomic E-state index is 14.1. The number of piperidine rings is 1. The zero-order chi connectivity index (χ0) is 52.6. The van der Waals surface area contributed by atoms with Crippen molar-refractivity contribution >= 4 is 55.6 Å². The number of pyridine rings is 1. The molecule has 2 aliphatic carbocycles. The lowest BCUT2D eigenvalue weighted by Gasteiger charge is -2.58. The van der Waals surface area contributed by atoms with Gasteiger partial charge in [0, 0.05) is 92.3 Å². The van der Waals surface area contributed by atoms with Gasteiger partial charge in [0.2, 0.25) is 0 Å². The number of nitro groups is 1. The largest absolute Gasteiger partial charge is 0.497 e. The number of piperazine rings is 1. The molecule has 4 aliphatic rings. The van der Waals surface area contributed by atoms with Crippen LogP contribution in [0.25, 0.3) is 11.0 Å². The number of carbonyl (C=O) groups excluding carboxylic acids is 1. The minimum absolute atomic E-state index is 0.0370. The molecular formula is C57H67ClN8O8S. The second kappa shape index (κ2) is 21.4. The molecule has 6 aromatic rings. The number of anilines is 2. The van der Waals surface area contributed by atoms with Crippen LogP contribution < -0.4 is 24.4 Å². The molecule has 2 saturated carbocycles. The summed E-state index contributed by atoms with van der Waals surface area (Å²) in [5.74, 6) is 0.931. The van der Waals surface area contributed by atoms with E-state index in [4.69, 9.17) is 21.1 Å². The minimum atomic E-state index is -4.60. The molecule has 75 heavy (non-hydrogen) atoms. The Hall–Kier alpha value is -6.24. The molecule has 0 radical (unpaired) electrons. The Balaban J connectivity index is 0.835. The Kier molecular flexibility index (Phi) is 14.9. The summed E-state index contributed by atoms with van der Waals surface area (Å²) in [5.41, 5.74) is 4.59. The molecule has 1 amide bonds. The average Bonchev–Trinajstić information content (AvgIpc) is 3.86. The molecule has 10 rings (SSSR count). The van der Waals surface area contributed by atoms with E-state index in [1.807, 2.05) is 37.3 Å². The number of nitrogens with zero attached hydrogens (tertiary/aromatic N) is 5. The molecule has 1 unspecified atom stereocenters. The SMILES string of the molecule is COc1ccc(CN2CCN(C3CC4(CCN(c5ccc(C(=O)NS(=O)(=O)c6ccc(NC[C@H]7CC[C@](C)(O)CC7)c([N+](=O)[O-])c6)c(Oc6cnc7[nH]ccc7c6)c5)CC4)C3)C(c3cc(Cl)ccc3C(C)C)C2)cc1. The Morgan fingerprint density at radius 3 is 2.43 bits per heavy atom. The van der Waals surface area contributed by atoms with Crippen LogP contribution in [0.5, 0.6) is 17.2 Å². The first-order valence-electron chi connectivity index (χ1n) is 26.2. The maximum atomic E-state index is 14.1. The molecule has 4 fully saturated rings. The van der Waals surface area contributed by atoms with Crippen molar-refractivity contribution in [3.63, 3.8) is 0 Å². The van der Waals surface area contributed by atoms with Gasteiger partial charge in [0.15, 0.2) is 0 Å². The van der Waals surface area contributed by atoms with E-state index in [9.17, 15) is 28.4 Å². The van der Waals surface area contributed by atoms with E-state index in [0.717, 1.165) is 106 Å². The summed E-state index contributed by atoms with van der Waals surface area (Å²) in [6.07, 6.45) is 10.3. The molecule has 2 aromatic heterocycles. The number of benzene rings is 4. The quantitative estimate of drug-likeness (QED) is 0.0529. The van der Waals surface area contributed by atoms with Gasteiger partial charge in [-0.3, -0.25) is 24.7 Å². The fourth-order valence-corrected chi connectivity index (χ4v) is 13.1. The Labute approximate surface area is 444 Å². The molecule has 396 valence electrons. The van der Waals surface area contributed by atoms with Gasteiger partial charge in [-0.25, -0.2) is 18.1 Å². The third-order valence-corrected chi connectivity index (χ3v) is 17.9. The lowest BCUT2D eigenvalue weighted by Crippen LogP contribution is -2.60. The number of hydrogen-bond acceptors (Lipinski definition) is 13. The van der Waals surface area contributed by atoms with Gasteiger partial charge in [-0.15, -0.1) is 0 Å². The number of sulfonamides is 1. The van der Waals surface area contributed by atoms with Crippen LogP contribution in [0.3, 0.4) is 0 Å². The highest BCUT2D eigenvalue weighted by Crippen LogP contribution is 2.53. The van der Waals surface area contributed by atoms with Crippen molar-refractivity contribution in [1.82, 2.24) is 24.5 Å². The number of nitro benzene ring substituents is 1. The molecule has 18 heteroatoms. The number of carbonyl (C=O) groups is 1. The highest BCUT2D eigenvalue weighted by molar-refractivity contribution is 7.90. The summed E-state index contributed by atoms with van der Waals surface area (Å²) in [6, 6.07) is 27.8. The minimum Gasteiger partial charge on any atom is -0.497 e. The van der Waals surface area contributed by atoms with Gasteiger partial charge < -0.3 is 29.8 Å². The summed E-state index contributed by atoms with van der Waals surface area (Å²) < 4.78 is 41.7. The lowest BCUT2D eigenvalue weighted by molar-refractivity contribution is -0.384. The Morgan fingerprint density at radius 2 is 1.71 bits per heavy atom. The summed E-state index contributed by atoms with van der Waals surface area (Å²) >= 11 is 6.75. The Bertz CT molecular complexity index is 3160. The lowest BCUT2D eigenvalue weighted by atomic mass is 9.59. The van der Waals surface area contributed by atoms with E-state index in [2.05, 4.69) is 72.8 Å². The van der Waals surface area contributed by atoms with Crippen LogP contribution in [0.1, 0.15) is 111 Å². The first kappa shape index (κ1) is 52.2. The first-order chi connectivity index (χ1) is 35.9. The molecule has 4 aromatic carbocycles. The second-order valence-corrected chi connectivity index (χ2v) is 24.0. The van der Waals surface area contributed by atoms with Crippen LogP contribution in [0.4, 0.5) is 17.1 Å². The van der Waals surface area contributed by atoms with E-state index in [1.165, 1.54) is 35.0 Å². The van der Waals surface area contributed by atoms with Crippen molar-refractivity contribution in [2.45, 2.75) is 107 Å². The zero-order valence-corrected chi connectivity index (χ0v) is 44.6. The standard InChI is InChI=1S/C57H67ClN8O8S/c1-37(2)47-12-7-41(58)28-49(47)52-36-63(35-39-5-9-44(73-4)10-6-39)25-26-65(52)43-31-57(32-43)20-23-64(24-21-57)42-8-13-48(53(29-42)74-45-27-40-17-22-59-54(40)61-34-45)55(67)62-75(71,72)46-11-14-50(51(30-46)66(69)70)60-33-38-15-18-56(3,68)19-16-38/h5-14,17,22,27-30,34,37-38,43,52,60,68H,15-16,18-21,23-26,31-33,35-36H2,1-4H3,(H,59,61)(H,62,67)/t38-,52?,56-. The number of nitrogens with one attached hydrogen (secondary N) is 3. The molecule has 4 heterocycles. The zero-order valence-electron chi connectivity index (χ0n) is 43.1. The molecular weight excluding hydrogens is 992 g/mol. The summed E-state index contributed by atoms with van der Waals surface area (Å²) in [7, 11) is -2.90. The third kappa shape index (κ3) is 11.6. The number of aromatic nitrogens is 2. The van der Waals surface area contributed by atoms with Crippen molar-refractivity contribution in [2.75, 3.05) is 56.6 Å². The summed E-state index contributed by atoms with van der Waals surface area (Å²) in [5, 5.41) is 27.3. The number of H-pyrrole nitrogens is 1. The summed E-state index contributed by atoms with van der Waals surface area (Å²) in [4.78, 5) is 40.4. The van der Waals surface area contributed by atoms with Crippen LogP contribution in [0, 0.1) is 21.4 Å². The number of rotatable bonds is 16. The number of hydrogen-bond donors (Lipinski definition) is 4. The molecule has 2 aliphatic heterocycles. The molecule has 1 spiro atoms. The monoisotopic (exact) mass is 1060 g/mol. The van der Waals surface area contributed by atoms with Crippen LogP contribution >= 0.6 is 11.6 Å². The van der Waals surface area contributed by atoms with Gasteiger partial charge in [0.25, 0.3) is 21.6 Å². The maximum Gasteiger partial charge on any atom is 0.293 e. The molecule has 2 saturated heterocycles. The Morgan fingerprint density at radius 1 is 0.947 bits per heavy atom. The van der Waals surface area contributed by atoms with Gasteiger partial charge in [-0.05, 0) is 153 Å². The molecule has 4 N–H and O–H groups in total. The summed E-state index contributed by atoms with van der Waals surface area (Å²) in [6.45, 7) is 12.0. The van der Waals surface area contributed by atoms with Gasteiger partial charge in [0.05, 0.1) is 34.3 Å². The predicted molar refractivity (Wildman–Crippen MR) is 292 cm³/mol. The van der Waals surface area contributed by atoms with Gasteiger partial charge in [-0.2, -0.15) is 0 Å². The van der Waals surface area contributed by atoms with Crippen molar-refractivity contribution in [2.24, 2.45) is 11.3 Å². The van der Waals surface area contributed by atoms with Crippen molar-refractivity contribution in [1.29, 1.82) is 0 Å².